The van der Waals surface area contributed by atoms with Crippen LogP contribution in [0.25, 0.3) is 0 Å². The van der Waals surface area contributed by atoms with E-state index in [0.717, 1.165) is 25.2 Å². The van der Waals surface area contributed by atoms with E-state index in [2.05, 4.69) is 0 Å². The standard InChI is InChI=1S/C21H25FN2O4/c1-26-18-9-8-15(19(27-2)20(18)28-3)14-23-10-12-24(13-11-23)21(25)16-6-4-5-7-17(16)22/h4-9H,10-14H2,1-3H3/p+1. The molecule has 2 aromatic rings. The highest BCUT2D eigenvalue weighted by molar-refractivity contribution is 5.94. The van der Waals surface area contributed by atoms with Crippen LogP contribution in [0.4, 0.5) is 4.39 Å². The smallest absolute Gasteiger partial charge is 0.257 e. The second-order valence-electron chi connectivity index (χ2n) is 6.69. The molecule has 0 bridgehead atoms. The molecular formula is C21H26FN2O4+. The summed E-state index contributed by atoms with van der Waals surface area (Å²) in [4.78, 5) is 15.6. The average Bonchev–Trinajstić information content (AvgIpc) is 2.73. The van der Waals surface area contributed by atoms with Gasteiger partial charge in [-0.1, -0.05) is 12.1 Å². The molecule has 0 unspecified atom stereocenters. The van der Waals surface area contributed by atoms with Crippen LogP contribution in [0, 0.1) is 5.82 Å². The number of hydrogen-bond donors (Lipinski definition) is 1. The zero-order valence-corrected chi connectivity index (χ0v) is 16.5. The molecule has 2 aromatic carbocycles. The van der Waals surface area contributed by atoms with Gasteiger partial charge in [0.1, 0.15) is 12.4 Å². The first-order chi connectivity index (χ1) is 13.6. The highest BCUT2D eigenvalue weighted by atomic mass is 19.1. The molecule has 1 aliphatic rings. The fraction of sp³-hybridized carbons (Fsp3) is 0.381. The summed E-state index contributed by atoms with van der Waals surface area (Å²) >= 11 is 0. The topological polar surface area (TPSA) is 52.4 Å². The van der Waals surface area contributed by atoms with Crippen molar-refractivity contribution in [3.63, 3.8) is 0 Å². The second-order valence-corrected chi connectivity index (χ2v) is 6.69. The second kappa shape index (κ2) is 8.93. The summed E-state index contributed by atoms with van der Waals surface area (Å²) in [7, 11) is 4.79. The Hall–Kier alpha value is -2.80. The molecule has 0 spiro atoms. The van der Waals surface area contributed by atoms with Crippen molar-refractivity contribution in [2.45, 2.75) is 6.54 Å². The number of halogens is 1. The third-order valence-corrected chi connectivity index (χ3v) is 5.09. The Balaban J connectivity index is 1.66. The van der Waals surface area contributed by atoms with E-state index < -0.39 is 5.82 Å². The fourth-order valence-corrected chi connectivity index (χ4v) is 3.58. The van der Waals surface area contributed by atoms with Gasteiger partial charge in [-0.05, 0) is 24.3 Å². The summed E-state index contributed by atoms with van der Waals surface area (Å²) in [6.45, 7) is 3.46. The largest absolute Gasteiger partial charge is 0.493 e. The van der Waals surface area contributed by atoms with Crippen molar-refractivity contribution in [1.29, 1.82) is 0 Å². The molecule has 0 saturated carbocycles. The Morgan fingerprint density at radius 3 is 2.29 bits per heavy atom. The number of methoxy groups -OCH3 is 3. The maximum Gasteiger partial charge on any atom is 0.257 e. The minimum atomic E-state index is -0.475. The number of nitrogens with zero attached hydrogens (tertiary/aromatic N) is 1. The summed E-state index contributed by atoms with van der Waals surface area (Å²) < 4.78 is 30.2. The molecule has 1 saturated heterocycles. The zero-order chi connectivity index (χ0) is 20.1. The minimum absolute atomic E-state index is 0.132. The number of amides is 1. The third kappa shape index (κ3) is 4.04. The first kappa shape index (κ1) is 19.9. The Morgan fingerprint density at radius 2 is 1.68 bits per heavy atom. The van der Waals surface area contributed by atoms with Crippen molar-refractivity contribution >= 4 is 5.91 Å². The van der Waals surface area contributed by atoms with Crippen LogP contribution in [0.3, 0.4) is 0 Å². The van der Waals surface area contributed by atoms with Gasteiger partial charge in [0.05, 0.1) is 58.6 Å². The van der Waals surface area contributed by atoms with Crippen LogP contribution < -0.4 is 19.1 Å². The number of ether oxygens (including phenoxy) is 3. The van der Waals surface area contributed by atoms with E-state index in [0.29, 0.717) is 30.3 Å². The molecule has 150 valence electrons. The molecule has 0 aliphatic carbocycles. The highest BCUT2D eigenvalue weighted by Gasteiger charge is 2.27. The van der Waals surface area contributed by atoms with Gasteiger partial charge in [0.15, 0.2) is 11.5 Å². The van der Waals surface area contributed by atoms with Crippen molar-refractivity contribution in [1.82, 2.24) is 4.90 Å². The van der Waals surface area contributed by atoms with E-state index in [1.807, 2.05) is 12.1 Å². The van der Waals surface area contributed by atoms with Crippen molar-refractivity contribution in [2.24, 2.45) is 0 Å². The molecule has 0 atom stereocenters. The zero-order valence-electron chi connectivity index (χ0n) is 16.5. The average molecular weight is 389 g/mol. The quantitative estimate of drug-likeness (QED) is 0.811. The number of nitrogens with one attached hydrogen (secondary N) is 1. The lowest BCUT2D eigenvalue weighted by atomic mass is 10.1. The van der Waals surface area contributed by atoms with E-state index in [-0.39, 0.29) is 11.5 Å². The van der Waals surface area contributed by atoms with Crippen LogP contribution in [0.5, 0.6) is 17.2 Å². The number of carbonyl (C=O) groups excluding carboxylic acids is 1. The monoisotopic (exact) mass is 389 g/mol. The van der Waals surface area contributed by atoms with Crippen molar-refractivity contribution in [2.75, 3.05) is 47.5 Å². The van der Waals surface area contributed by atoms with Gasteiger partial charge in [0, 0.05) is 0 Å². The molecular weight excluding hydrogens is 363 g/mol. The van der Waals surface area contributed by atoms with Gasteiger partial charge in [0.2, 0.25) is 5.75 Å². The van der Waals surface area contributed by atoms with Gasteiger partial charge in [-0.3, -0.25) is 4.79 Å². The Kier molecular flexibility index (Phi) is 6.36. The number of carbonyl (C=O) groups is 1. The van der Waals surface area contributed by atoms with E-state index in [9.17, 15) is 9.18 Å². The minimum Gasteiger partial charge on any atom is -0.493 e. The van der Waals surface area contributed by atoms with Crippen LogP contribution in [0.2, 0.25) is 0 Å². The number of piperazine rings is 1. The maximum absolute atomic E-state index is 13.9. The van der Waals surface area contributed by atoms with Crippen LogP contribution >= 0.6 is 0 Å². The van der Waals surface area contributed by atoms with Crippen LogP contribution in [-0.4, -0.2) is 58.3 Å². The Bertz CT molecular complexity index is 835. The van der Waals surface area contributed by atoms with E-state index in [1.54, 1.807) is 38.4 Å². The Morgan fingerprint density at radius 1 is 1.00 bits per heavy atom. The Labute approximate surface area is 164 Å². The summed E-state index contributed by atoms with van der Waals surface area (Å²) in [6, 6.07) is 9.97. The molecule has 28 heavy (non-hydrogen) atoms. The first-order valence-corrected chi connectivity index (χ1v) is 9.24. The lowest BCUT2D eigenvalue weighted by Crippen LogP contribution is -3.13. The van der Waals surface area contributed by atoms with Gasteiger partial charge in [-0.2, -0.15) is 0 Å². The molecule has 1 heterocycles. The molecule has 1 aliphatic heterocycles. The van der Waals surface area contributed by atoms with Crippen molar-refractivity contribution in [3.8, 4) is 17.2 Å². The number of hydrogen-bond acceptors (Lipinski definition) is 4. The summed E-state index contributed by atoms with van der Waals surface area (Å²) in [5.74, 6) is 1.14. The molecule has 1 amide bonds. The van der Waals surface area contributed by atoms with Crippen molar-refractivity contribution < 1.29 is 28.3 Å². The van der Waals surface area contributed by atoms with Gasteiger partial charge >= 0.3 is 0 Å². The van der Waals surface area contributed by atoms with Gasteiger partial charge in [0.25, 0.3) is 5.91 Å². The third-order valence-electron chi connectivity index (χ3n) is 5.09. The highest BCUT2D eigenvalue weighted by Crippen LogP contribution is 2.39. The van der Waals surface area contributed by atoms with Crippen LogP contribution in [-0.2, 0) is 6.54 Å². The lowest BCUT2D eigenvalue weighted by Gasteiger charge is -2.32. The van der Waals surface area contributed by atoms with E-state index in [4.69, 9.17) is 14.2 Å². The van der Waals surface area contributed by atoms with E-state index in [1.165, 1.54) is 17.0 Å². The van der Waals surface area contributed by atoms with Gasteiger partial charge < -0.3 is 24.0 Å². The number of benzene rings is 2. The predicted molar refractivity (Wildman–Crippen MR) is 103 cm³/mol. The molecule has 1 N–H and O–H groups in total. The van der Waals surface area contributed by atoms with Crippen LogP contribution in [0.1, 0.15) is 15.9 Å². The van der Waals surface area contributed by atoms with Gasteiger partial charge in [-0.15, -0.1) is 0 Å². The summed E-state index contributed by atoms with van der Waals surface area (Å²) in [6.07, 6.45) is 0. The number of rotatable bonds is 6. The van der Waals surface area contributed by atoms with Gasteiger partial charge in [-0.25, -0.2) is 4.39 Å². The normalized spacial score (nSPS) is 14.6. The van der Waals surface area contributed by atoms with Crippen LogP contribution in [0.15, 0.2) is 36.4 Å². The van der Waals surface area contributed by atoms with Crippen molar-refractivity contribution in [3.05, 3.63) is 53.3 Å². The molecule has 0 radical (unpaired) electrons. The fourth-order valence-electron chi connectivity index (χ4n) is 3.58. The molecule has 0 aromatic heterocycles. The maximum atomic E-state index is 13.9. The lowest BCUT2D eigenvalue weighted by molar-refractivity contribution is -0.917. The SMILES string of the molecule is COc1ccc(C[NH+]2CCN(C(=O)c3ccccc3F)CC2)c(OC)c1OC. The summed E-state index contributed by atoms with van der Waals surface area (Å²) in [5, 5.41) is 0. The molecule has 3 rings (SSSR count). The summed E-state index contributed by atoms with van der Waals surface area (Å²) in [5.41, 5.74) is 1.15. The number of quaternary nitrogens is 1. The first-order valence-electron chi connectivity index (χ1n) is 9.24. The molecule has 7 heteroatoms. The van der Waals surface area contributed by atoms with E-state index >= 15 is 0 Å². The predicted octanol–water partition coefficient (Wildman–Crippen LogP) is 1.39. The molecule has 1 fully saturated rings. The molecule has 6 nitrogen and oxygen atoms in total.